The van der Waals surface area contributed by atoms with E-state index in [-0.39, 0.29) is 29.9 Å². The summed E-state index contributed by atoms with van der Waals surface area (Å²) in [6.07, 6.45) is 2.81. The first-order valence-corrected chi connectivity index (χ1v) is 7.19. The first-order chi connectivity index (χ1) is 8.84. The van der Waals surface area contributed by atoms with Gasteiger partial charge in [-0.1, -0.05) is 6.42 Å². The highest BCUT2D eigenvalue weighted by Crippen LogP contribution is 2.17. The number of likely N-dealkylation sites (tertiary alicyclic amines) is 1. The Kier molecular flexibility index (Phi) is 5.79. The molecule has 1 rings (SSSR count). The van der Waals surface area contributed by atoms with Crippen LogP contribution in [-0.2, 0) is 9.59 Å². The lowest BCUT2D eigenvalue weighted by Gasteiger charge is -2.37. The third-order valence-corrected chi connectivity index (χ3v) is 3.68. The number of primary amides is 1. The quantitative estimate of drug-likeness (QED) is 0.809. The second-order valence-electron chi connectivity index (χ2n) is 5.87. The molecule has 0 unspecified atom stereocenters. The molecule has 1 aliphatic heterocycles. The predicted octanol–water partition coefficient (Wildman–Crippen LogP) is 0.972. The Hall–Kier alpha value is -1.10. The maximum absolute atomic E-state index is 12.4. The number of nitrogens with zero attached hydrogens (tertiary/aromatic N) is 2. The van der Waals surface area contributed by atoms with Crippen molar-refractivity contribution in [1.82, 2.24) is 9.80 Å². The Morgan fingerprint density at radius 3 is 2.26 bits per heavy atom. The molecule has 0 aromatic carbocycles. The summed E-state index contributed by atoms with van der Waals surface area (Å²) in [6.45, 7) is 9.13. The lowest BCUT2D eigenvalue weighted by molar-refractivity contribution is -0.138. The van der Waals surface area contributed by atoms with Crippen LogP contribution in [0.1, 0.15) is 47.0 Å². The van der Waals surface area contributed by atoms with Gasteiger partial charge >= 0.3 is 0 Å². The third-order valence-electron chi connectivity index (χ3n) is 3.68. The summed E-state index contributed by atoms with van der Waals surface area (Å²) in [4.78, 5) is 27.6. The van der Waals surface area contributed by atoms with Crippen molar-refractivity contribution < 1.29 is 9.59 Å². The first kappa shape index (κ1) is 16.0. The van der Waals surface area contributed by atoms with E-state index in [2.05, 4.69) is 0 Å². The molecule has 1 heterocycles. The Labute approximate surface area is 116 Å². The molecule has 0 bridgehead atoms. The molecule has 0 aromatic rings. The standard InChI is InChI=1S/C14H27N3O2/c1-10(2)17(11(3)4)13(18)9-16-8-6-5-7-12(16)14(15)19/h10-12H,5-9H2,1-4H3,(H2,15,19)/t12-/m1/s1. The van der Waals surface area contributed by atoms with E-state index in [4.69, 9.17) is 5.73 Å². The number of carbonyl (C=O) groups is 2. The minimum atomic E-state index is -0.312. The minimum absolute atomic E-state index is 0.0816. The molecule has 2 amide bonds. The van der Waals surface area contributed by atoms with Crippen LogP contribution < -0.4 is 5.73 Å². The highest BCUT2D eigenvalue weighted by Gasteiger charge is 2.30. The minimum Gasteiger partial charge on any atom is -0.368 e. The van der Waals surface area contributed by atoms with Crippen molar-refractivity contribution in [2.24, 2.45) is 5.73 Å². The van der Waals surface area contributed by atoms with Crippen molar-refractivity contribution in [3.05, 3.63) is 0 Å². The van der Waals surface area contributed by atoms with Crippen molar-refractivity contribution in [1.29, 1.82) is 0 Å². The van der Waals surface area contributed by atoms with Gasteiger partial charge in [0.05, 0.1) is 12.6 Å². The number of hydrogen-bond donors (Lipinski definition) is 1. The average Bonchev–Trinajstić information content (AvgIpc) is 2.27. The molecule has 1 aliphatic rings. The van der Waals surface area contributed by atoms with Gasteiger partial charge in [0.25, 0.3) is 0 Å². The summed E-state index contributed by atoms with van der Waals surface area (Å²) in [6, 6.07) is 0.0625. The lowest BCUT2D eigenvalue weighted by atomic mass is 10.0. The third kappa shape index (κ3) is 4.20. The van der Waals surface area contributed by atoms with Gasteiger partial charge in [-0.05, 0) is 47.1 Å². The van der Waals surface area contributed by atoms with Crippen LogP contribution in [0.3, 0.4) is 0 Å². The fourth-order valence-corrected chi connectivity index (χ4v) is 2.93. The summed E-state index contributed by atoms with van der Waals surface area (Å²) in [5.74, 6) is -0.230. The molecule has 1 fully saturated rings. The zero-order chi connectivity index (χ0) is 14.6. The lowest BCUT2D eigenvalue weighted by Crippen LogP contribution is -2.53. The maximum atomic E-state index is 12.4. The molecule has 0 saturated carbocycles. The number of carbonyl (C=O) groups excluding carboxylic acids is 2. The number of hydrogen-bond acceptors (Lipinski definition) is 3. The predicted molar refractivity (Wildman–Crippen MR) is 75.5 cm³/mol. The second kappa shape index (κ2) is 6.89. The number of amides is 2. The Morgan fingerprint density at radius 2 is 1.79 bits per heavy atom. The van der Waals surface area contributed by atoms with Crippen LogP contribution in [0.15, 0.2) is 0 Å². The van der Waals surface area contributed by atoms with Crippen molar-refractivity contribution in [3.63, 3.8) is 0 Å². The zero-order valence-electron chi connectivity index (χ0n) is 12.6. The van der Waals surface area contributed by atoms with Gasteiger partial charge in [-0.25, -0.2) is 0 Å². The van der Waals surface area contributed by atoms with Gasteiger partial charge in [0.15, 0.2) is 0 Å². The largest absolute Gasteiger partial charge is 0.368 e. The molecule has 0 aromatic heterocycles. The van der Waals surface area contributed by atoms with Crippen LogP contribution in [0.25, 0.3) is 0 Å². The van der Waals surface area contributed by atoms with E-state index in [1.165, 1.54) is 0 Å². The fourth-order valence-electron chi connectivity index (χ4n) is 2.93. The van der Waals surface area contributed by atoms with Gasteiger partial charge < -0.3 is 10.6 Å². The van der Waals surface area contributed by atoms with Crippen LogP contribution in [0, 0.1) is 0 Å². The van der Waals surface area contributed by atoms with Gasteiger partial charge in [0.1, 0.15) is 0 Å². The van der Waals surface area contributed by atoms with E-state index >= 15 is 0 Å². The maximum Gasteiger partial charge on any atom is 0.237 e. The summed E-state index contributed by atoms with van der Waals surface area (Å²) in [5.41, 5.74) is 5.42. The van der Waals surface area contributed by atoms with Crippen molar-refractivity contribution in [3.8, 4) is 0 Å². The molecular weight excluding hydrogens is 242 g/mol. The highest BCUT2D eigenvalue weighted by molar-refractivity contribution is 5.82. The molecular formula is C14H27N3O2. The van der Waals surface area contributed by atoms with Gasteiger partial charge in [-0.2, -0.15) is 0 Å². The Balaban J connectivity index is 2.70. The van der Waals surface area contributed by atoms with Gasteiger partial charge in [-0.15, -0.1) is 0 Å². The molecule has 0 spiro atoms. The van der Waals surface area contributed by atoms with Crippen LogP contribution in [-0.4, -0.2) is 52.8 Å². The first-order valence-electron chi connectivity index (χ1n) is 7.19. The van der Waals surface area contributed by atoms with Crippen molar-refractivity contribution >= 4 is 11.8 Å². The van der Waals surface area contributed by atoms with Crippen molar-refractivity contribution in [2.45, 2.75) is 65.1 Å². The van der Waals surface area contributed by atoms with Crippen LogP contribution in [0.5, 0.6) is 0 Å². The number of piperidine rings is 1. The summed E-state index contributed by atoms with van der Waals surface area (Å²) >= 11 is 0. The van der Waals surface area contributed by atoms with E-state index in [1.807, 2.05) is 37.5 Å². The van der Waals surface area contributed by atoms with Crippen LogP contribution >= 0.6 is 0 Å². The molecule has 5 nitrogen and oxygen atoms in total. The normalized spacial score (nSPS) is 20.8. The van der Waals surface area contributed by atoms with Gasteiger partial charge in [0.2, 0.25) is 11.8 Å². The Morgan fingerprint density at radius 1 is 1.21 bits per heavy atom. The summed E-state index contributed by atoms with van der Waals surface area (Å²) < 4.78 is 0. The number of nitrogens with two attached hydrogens (primary N) is 1. The van der Waals surface area contributed by atoms with E-state index in [0.717, 1.165) is 25.8 Å². The van der Waals surface area contributed by atoms with Gasteiger partial charge in [-0.3, -0.25) is 14.5 Å². The number of rotatable bonds is 5. The van der Waals surface area contributed by atoms with E-state index in [9.17, 15) is 9.59 Å². The van der Waals surface area contributed by atoms with E-state index < -0.39 is 0 Å². The molecule has 2 N–H and O–H groups in total. The fraction of sp³-hybridized carbons (Fsp3) is 0.857. The molecule has 110 valence electrons. The second-order valence-corrected chi connectivity index (χ2v) is 5.87. The highest BCUT2D eigenvalue weighted by atomic mass is 16.2. The molecule has 19 heavy (non-hydrogen) atoms. The summed E-state index contributed by atoms with van der Waals surface area (Å²) in [7, 11) is 0. The average molecular weight is 269 g/mol. The molecule has 1 atom stereocenters. The van der Waals surface area contributed by atoms with E-state index in [1.54, 1.807) is 0 Å². The smallest absolute Gasteiger partial charge is 0.237 e. The Bertz CT molecular complexity index is 321. The monoisotopic (exact) mass is 269 g/mol. The molecule has 1 saturated heterocycles. The molecule has 0 aliphatic carbocycles. The molecule has 0 radical (unpaired) electrons. The van der Waals surface area contributed by atoms with E-state index in [0.29, 0.717) is 6.54 Å². The van der Waals surface area contributed by atoms with Crippen molar-refractivity contribution in [2.75, 3.05) is 13.1 Å². The van der Waals surface area contributed by atoms with Gasteiger partial charge in [0, 0.05) is 12.1 Å². The zero-order valence-corrected chi connectivity index (χ0v) is 12.6. The molecule has 5 heteroatoms. The van der Waals surface area contributed by atoms with Crippen LogP contribution in [0.4, 0.5) is 0 Å². The summed E-state index contributed by atoms with van der Waals surface area (Å²) in [5, 5.41) is 0. The van der Waals surface area contributed by atoms with Crippen LogP contribution in [0.2, 0.25) is 0 Å². The SMILES string of the molecule is CC(C)N(C(=O)CN1CCCC[C@@H]1C(N)=O)C(C)C. The topological polar surface area (TPSA) is 66.6 Å².